The van der Waals surface area contributed by atoms with Crippen molar-refractivity contribution in [1.29, 1.82) is 0 Å². The van der Waals surface area contributed by atoms with Gasteiger partial charge in [-0.2, -0.15) is 0 Å². The van der Waals surface area contributed by atoms with Crippen LogP contribution in [-0.2, 0) is 4.79 Å². The second-order valence-electron chi connectivity index (χ2n) is 6.26. The molecule has 1 unspecified atom stereocenters. The van der Waals surface area contributed by atoms with Crippen molar-refractivity contribution in [1.82, 2.24) is 15.3 Å². The molecule has 0 saturated carbocycles. The number of amides is 2. The minimum absolute atomic E-state index is 0.118. The van der Waals surface area contributed by atoms with Gasteiger partial charge in [0, 0.05) is 25.5 Å². The van der Waals surface area contributed by atoms with Crippen molar-refractivity contribution in [3.8, 4) is 12.3 Å². The fourth-order valence-electron chi connectivity index (χ4n) is 3.08. The summed E-state index contributed by atoms with van der Waals surface area (Å²) in [5.74, 6) is 2.36. The van der Waals surface area contributed by atoms with E-state index in [0.717, 1.165) is 19.4 Å². The number of hydrogen-bond donors (Lipinski definition) is 2. The molecule has 2 N–H and O–H groups in total. The highest BCUT2D eigenvalue weighted by Gasteiger charge is 2.27. The summed E-state index contributed by atoms with van der Waals surface area (Å²) in [6.07, 6.45) is 10.2. The third-order valence-electron chi connectivity index (χ3n) is 4.41. The van der Waals surface area contributed by atoms with Crippen LogP contribution in [0.25, 0.3) is 0 Å². The van der Waals surface area contributed by atoms with Gasteiger partial charge in [-0.25, -0.2) is 9.97 Å². The molecule has 3 rings (SSSR count). The van der Waals surface area contributed by atoms with E-state index >= 15 is 0 Å². The molecule has 0 spiro atoms. The molecule has 138 valence electrons. The number of hydrogen-bond acceptors (Lipinski definition) is 5. The number of aromatic nitrogens is 2. The minimum atomic E-state index is -0.313. The van der Waals surface area contributed by atoms with Crippen molar-refractivity contribution >= 4 is 23.5 Å². The zero-order valence-electron chi connectivity index (χ0n) is 14.9. The zero-order valence-corrected chi connectivity index (χ0v) is 14.9. The highest BCUT2D eigenvalue weighted by molar-refractivity contribution is 6.04. The number of para-hydroxylation sites is 1. The maximum Gasteiger partial charge on any atom is 0.254 e. The van der Waals surface area contributed by atoms with Crippen molar-refractivity contribution in [3.63, 3.8) is 0 Å². The number of nitrogens with zero attached hydrogens (tertiary/aromatic N) is 3. The van der Waals surface area contributed by atoms with Crippen molar-refractivity contribution in [3.05, 3.63) is 48.3 Å². The predicted molar refractivity (Wildman–Crippen MR) is 103 cm³/mol. The van der Waals surface area contributed by atoms with Gasteiger partial charge >= 0.3 is 0 Å². The summed E-state index contributed by atoms with van der Waals surface area (Å²) in [5.41, 5.74) is 0.866. The first kappa shape index (κ1) is 18.4. The van der Waals surface area contributed by atoms with E-state index in [9.17, 15) is 9.59 Å². The van der Waals surface area contributed by atoms with Crippen molar-refractivity contribution in [2.45, 2.75) is 12.8 Å². The first-order chi connectivity index (χ1) is 13.2. The summed E-state index contributed by atoms with van der Waals surface area (Å²) in [6, 6.07) is 8.66. The molecule has 1 fully saturated rings. The molecule has 0 bridgehead atoms. The maximum atomic E-state index is 12.8. The average molecular weight is 363 g/mol. The summed E-state index contributed by atoms with van der Waals surface area (Å²) in [5, 5.41) is 5.51. The van der Waals surface area contributed by atoms with Gasteiger partial charge in [0.05, 0.1) is 23.7 Å². The molecule has 1 atom stereocenters. The SMILES string of the molecule is C#CCNC(=O)c1ccccc1NC(=O)C1CCCN(c2ncccn2)C1. The molecule has 7 heteroatoms. The number of rotatable bonds is 5. The van der Waals surface area contributed by atoms with E-state index in [1.807, 2.05) is 4.90 Å². The van der Waals surface area contributed by atoms with E-state index in [4.69, 9.17) is 6.42 Å². The standard InChI is InChI=1S/C20H21N5O2/c1-2-10-21-19(27)16-8-3-4-9-17(16)24-18(26)15-7-5-13-25(14-15)20-22-11-6-12-23-20/h1,3-4,6,8-9,11-12,15H,5,7,10,13-14H2,(H,21,27)(H,24,26). The normalized spacial score (nSPS) is 16.3. The smallest absolute Gasteiger partial charge is 0.254 e. The molecule has 1 saturated heterocycles. The molecule has 2 heterocycles. The largest absolute Gasteiger partial charge is 0.341 e. The molecule has 1 aromatic carbocycles. The van der Waals surface area contributed by atoms with E-state index in [1.54, 1.807) is 42.7 Å². The van der Waals surface area contributed by atoms with Crippen LogP contribution in [0, 0.1) is 18.3 Å². The van der Waals surface area contributed by atoms with Crippen LogP contribution in [0.4, 0.5) is 11.6 Å². The lowest BCUT2D eigenvalue weighted by Crippen LogP contribution is -2.41. The summed E-state index contributed by atoms with van der Waals surface area (Å²) in [7, 11) is 0. The fraction of sp³-hybridized carbons (Fsp3) is 0.300. The first-order valence-corrected chi connectivity index (χ1v) is 8.82. The average Bonchev–Trinajstić information content (AvgIpc) is 2.73. The van der Waals surface area contributed by atoms with Crippen molar-refractivity contribution < 1.29 is 9.59 Å². The first-order valence-electron chi connectivity index (χ1n) is 8.82. The Morgan fingerprint density at radius 3 is 2.78 bits per heavy atom. The summed E-state index contributed by atoms with van der Waals surface area (Å²) >= 11 is 0. The maximum absolute atomic E-state index is 12.8. The Labute approximate surface area is 158 Å². The number of nitrogens with one attached hydrogen (secondary N) is 2. The number of anilines is 2. The van der Waals surface area contributed by atoms with Crippen LogP contribution in [0.2, 0.25) is 0 Å². The third-order valence-corrected chi connectivity index (χ3v) is 4.41. The van der Waals surface area contributed by atoms with Gasteiger partial charge in [-0.3, -0.25) is 9.59 Å². The monoisotopic (exact) mass is 363 g/mol. The highest BCUT2D eigenvalue weighted by Crippen LogP contribution is 2.23. The molecular weight excluding hydrogens is 342 g/mol. The minimum Gasteiger partial charge on any atom is -0.341 e. The zero-order chi connectivity index (χ0) is 19.1. The van der Waals surface area contributed by atoms with Crippen LogP contribution < -0.4 is 15.5 Å². The van der Waals surface area contributed by atoms with E-state index in [-0.39, 0.29) is 24.3 Å². The predicted octanol–water partition coefficient (Wildman–Crippen LogP) is 1.69. The molecule has 0 radical (unpaired) electrons. The number of carbonyl (C=O) groups is 2. The summed E-state index contributed by atoms with van der Waals surface area (Å²) in [4.78, 5) is 35.6. The lowest BCUT2D eigenvalue weighted by Gasteiger charge is -2.32. The van der Waals surface area contributed by atoms with Gasteiger partial charge < -0.3 is 15.5 Å². The quantitative estimate of drug-likeness (QED) is 0.790. The molecule has 27 heavy (non-hydrogen) atoms. The molecule has 2 aromatic rings. The van der Waals surface area contributed by atoms with Crippen molar-refractivity contribution in [2.24, 2.45) is 5.92 Å². The van der Waals surface area contributed by atoms with Crippen LogP contribution in [0.5, 0.6) is 0 Å². The van der Waals surface area contributed by atoms with E-state index in [1.165, 1.54) is 0 Å². The Hall–Kier alpha value is -3.40. The van der Waals surface area contributed by atoms with Crippen LogP contribution in [-0.4, -0.2) is 41.4 Å². The topological polar surface area (TPSA) is 87.2 Å². The van der Waals surface area contributed by atoms with Gasteiger partial charge in [0.25, 0.3) is 5.91 Å². The Kier molecular flexibility index (Phi) is 6.00. The molecule has 1 aliphatic heterocycles. The van der Waals surface area contributed by atoms with E-state index in [0.29, 0.717) is 23.7 Å². The molecule has 2 amide bonds. The number of benzene rings is 1. The Morgan fingerprint density at radius 1 is 1.22 bits per heavy atom. The van der Waals surface area contributed by atoms with Crippen LogP contribution in [0.3, 0.4) is 0 Å². The van der Waals surface area contributed by atoms with Crippen LogP contribution in [0.1, 0.15) is 23.2 Å². The Morgan fingerprint density at radius 2 is 2.00 bits per heavy atom. The van der Waals surface area contributed by atoms with Crippen LogP contribution in [0.15, 0.2) is 42.7 Å². The Bertz CT molecular complexity index is 847. The van der Waals surface area contributed by atoms with Gasteiger partial charge in [-0.15, -0.1) is 6.42 Å². The fourth-order valence-corrected chi connectivity index (χ4v) is 3.08. The second-order valence-corrected chi connectivity index (χ2v) is 6.26. The molecule has 7 nitrogen and oxygen atoms in total. The molecule has 1 aromatic heterocycles. The van der Waals surface area contributed by atoms with E-state index < -0.39 is 0 Å². The Balaban J connectivity index is 1.69. The van der Waals surface area contributed by atoms with Crippen molar-refractivity contribution in [2.75, 3.05) is 29.9 Å². The summed E-state index contributed by atoms with van der Waals surface area (Å²) < 4.78 is 0. The van der Waals surface area contributed by atoms with Gasteiger partial charge in [0.15, 0.2) is 0 Å². The highest BCUT2D eigenvalue weighted by atomic mass is 16.2. The third kappa shape index (κ3) is 4.61. The number of piperidine rings is 1. The lowest BCUT2D eigenvalue weighted by atomic mass is 9.97. The van der Waals surface area contributed by atoms with Gasteiger partial charge in [0.1, 0.15) is 0 Å². The number of carbonyl (C=O) groups excluding carboxylic acids is 2. The molecule has 0 aliphatic carbocycles. The lowest BCUT2D eigenvalue weighted by molar-refractivity contribution is -0.120. The number of terminal acetylenes is 1. The molecular formula is C20H21N5O2. The van der Waals surface area contributed by atoms with E-state index in [2.05, 4.69) is 26.5 Å². The van der Waals surface area contributed by atoms with Gasteiger partial charge in [0.2, 0.25) is 11.9 Å². The van der Waals surface area contributed by atoms with Crippen LogP contribution >= 0.6 is 0 Å². The van der Waals surface area contributed by atoms with Gasteiger partial charge in [-0.1, -0.05) is 18.1 Å². The second kappa shape index (κ2) is 8.81. The van der Waals surface area contributed by atoms with Gasteiger partial charge in [-0.05, 0) is 31.0 Å². The molecule has 1 aliphatic rings. The summed E-state index contributed by atoms with van der Waals surface area (Å²) in [6.45, 7) is 1.50.